The Labute approximate surface area is 377 Å². The van der Waals surface area contributed by atoms with Gasteiger partial charge in [0.1, 0.15) is 11.5 Å². The van der Waals surface area contributed by atoms with Gasteiger partial charge in [-0.1, -0.05) is 201 Å². The van der Waals surface area contributed by atoms with E-state index >= 15 is 0 Å². The first-order valence-corrected chi connectivity index (χ1v) is 21.9. The molecule has 306 valence electrons. The summed E-state index contributed by atoms with van der Waals surface area (Å²) in [5.41, 5.74) is 14.1. The Kier molecular flexibility index (Phi) is 9.02. The lowest BCUT2D eigenvalue weighted by atomic mass is 9.65. The van der Waals surface area contributed by atoms with Crippen molar-refractivity contribution in [1.82, 2.24) is 19.9 Å². The molecule has 0 radical (unpaired) electrons. The quantitative estimate of drug-likeness (QED) is 0.118. The van der Waals surface area contributed by atoms with Crippen LogP contribution in [0.1, 0.15) is 35.0 Å². The summed E-state index contributed by atoms with van der Waals surface area (Å²) in [7, 11) is 0. The summed E-state index contributed by atoms with van der Waals surface area (Å²) in [6, 6.07) is 66.3. The molecule has 10 aromatic rings. The van der Waals surface area contributed by atoms with Crippen molar-refractivity contribution in [3.05, 3.63) is 247 Å². The van der Waals surface area contributed by atoms with Gasteiger partial charge in [-0.2, -0.15) is 0 Å². The molecule has 3 heterocycles. The van der Waals surface area contributed by atoms with Gasteiger partial charge in [0.2, 0.25) is 0 Å². The molecule has 1 aliphatic carbocycles. The molecule has 0 bridgehead atoms. The Morgan fingerprint density at radius 2 is 1.08 bits per heavy atom. The standard InChI is InChI=1S/C60H40N4O/c1-3-4-7-18-38(2)57-62-58(41-21-10-6-11-22-41)64-59(63-57)42-31-29-39(30-32-42)43-33-36-52-47(37-43)46-34-35-51-56(54(46)55(61-52)40-19-8-5-9-20-40)65-53-28-17-16-27-50(53)60(51)48-25-14-12-23-44(48)45-24-13-15-26-49(45)60/h3-37H,2H2,1H3/b4-3-,18-7-. The van der Waals surface area contributed by atoms with Crippen LogP contribution in [0.15, 0.2) is 219 Å². The van der Waals surface area contributed by atoms with Crippen molar-refractivity contribution in [2.45, 2.75) is 12.3 Å². The number of benzene rings is 8. The fourth-order valence-corrected chi connectivity index (χ4v) is 9.92. The number of fused-ring (bicyclic) bond motifs is 13. The van der Waals surface area contributed by atoms with Gasteiger partial charge < -0.3 is 4.74 Å². The van der Waals surface area contributed by atoms with Gasteiger partial charge in [0, 0.05) is 38.8 Å². The van der Waals surface area contributed by atoms with Gasteiger partial charge in [-0.15, -0.1) is 0 Å². The number of para-hydroxylation sites is 1. The van der Waals surface area contributed by atoms with Crippen LogP contribution in [0.5, 0.6) is 11.5 Å². The molecule has 8 aromatic carbocycles. The van der Waals surface area contributed by atoms with E-state index in [1.54, 1.807) is 0 Å². The third kappa shape index (κ3) is 6.08. The van der Waals surface area contributed by atoms with Crippen LogP contribution in [0.2, 0.25) is 0 Å². The summed E-state index contributed by atoms with van der Waals surface area (Å²) in [6.45, 7) is 6.25. The minimum Gasteiger partial charge on any atom is -0.456 e. The van der Waals surface area contributed by atoms with Crippen LogP contribution < -0.4 is 4.74 Å². The maximum Gasteiger partial charge on any atom is 0.164 e. The van der Waals surface area contributed by atoms with E-state index in [1.165, 1.54) is 22.3 Å². The van der Waals surface area contributed by atoms with Crippen LogP contribution in [0.4, 0.5) is 0 Å². The van der Waals surface area contributed by atoms with Gasteiger partial charge >= 0.3 is 0 Å². The molecule has 1 spiro atoms. The summed E-state index contributed by atoms with van der Waals surface area (Å²) in [5, 5.41) is 3.12. The fourth-order valence-electron chi connectivity index (χ4n) is 9.92. The molecule has 0 amide bonds. The minimum atomic E-state index is -0.588. The predicted octanol–water partition coefficient (Wildman–Crippen LogP) is 14.9. The monoisotopic (exact) mass is 832 g/mol. The molecule has 12 rings (SSSR count). The molecule has 5 nitrogen and oxygen atoms in total. The van der Waals surface area contributed by atoms with E-state index in [-0.39, 0.29) is 0 Å². The molecule has 0 unspecified atom stereocenters. The molecular weight excluding hydrogens is 793 g/mol. The molecule has 65 heavy (non-hydrogen) atoms. The molecule has 0 fully saturated rings. The van der Waals surface area contributed by atoms with Crippen molar-refractivity contribution in [1.29, 1.82) is 0 Å². The molecule has 2 aromatic heterocycles. The molecule has 0 atom stereocenters. The predicted molar refractivity (Wildman–Crippen MR) is 265 cm³/mol. The van der Waals surface area contributed by atoms with Crippen LogP contribution in [0.3, 0.4) is 0 Å². The van der Waals surface area contributed by atoms with E-state index in [0.29, 0.717) is 23.0 Å². The second-order valence-electron chi connectivity index (χ2n) is 16.5. The topological polar surface area (TPSA) is 60.8 Å². The number of ether oxygens (including phenoxy) is 1. The summed E-state index contributed by atoms with van der Waals surface area (Å²) >= 11 is 0. The lowest BCUT2D eigenvalue weighted by Gasteiger charge is -2.40. The van der Waals surface area contributed by atoms with E-state index < -0.39 is 5.41 Å². The number of allylic oxidation sites excluding steroid dienone is 5. The smallest absolute Gasteiger partial charge is 0.164 e. The molecule has 0 N–H and O–H groups in total. The van der Waals surface area contributed by atoms with Crippen LogP contribution in [0.25, 0.3) is 83.5 Å². The average molecular weight is 833 g/mol. The third-order valence-corrected chi connectivity index (χ3v) is 12.9. The van der Waals surface area contributed by atoms with Crippen LogP contribution in [0, 0.1) is 0 Å². The first-order chi connectivity index (χ1) is 32.1. The van der Waals surface area contributed by atoms with Gasteiger partial charge in [0.15, 0.2) is 17.5 Å². The number of nitrogens with zero attached hydrogens (tertiary/aromatic N) is 4. The lowest BCUT2D eigenvalue weighted by molar-refractivity contribution is 0.442. The number of aromatic nitrogens is 4. The van der Waals surface area contributed by atoms with E-state index in [2.05, 4.69) is 164 Å². The van der Waals surface area contributed by atoms with Crippen molar-refractivity contribution in [3.8, 4) is 67.8 Å². The number of pyridine rings is 1. The zero-order chi connectivity index (χ0) is 43.5. The van der Waals surface area contributed by atoms with Crippen molar-refractivity contribution in [3.63, 3.8) is 0 Å². The zero-order valence-corrected chi connectivity index (χ0v) is 35.6. The Hall–Kier alpha value is -8.54. The third-order valence-electron chi connectivity index (χ3n) is 12.9. The first kappa shape index (κ1) is 38.2. The highest BCUT2D eigenvalue weighted by Crippen LogP contribution is 2.63. The summed E-state index contributed by atoms with van der Waals surface area (Å²) in [4.78, 5) is 20.2. The Bertz CT molecular complexity index is 3550. The second kappa shape index (κ2) is 15.4. The Morgan fingerprint density at radius 3 is 1.77 bits per heavy atom. The largest absolute Gasteiger partial charge is 0.456 e. The van der Waals surface area contributed by atoms with Crippen molar-refractivity contribution < 1.29 is 4.74 Å². The van der Waals surface area contributed by atoms with Crippen LogP contribution in [-0.2, 0) is 5.41 Å². The number of rotatable bonds is 7. The molecular formula is C60H40N4O. The van der Waals surface area contributed by atoms with Gasteiger partial charge in [-0.3, -0.25) is 0 Å². The average Bonchev–Trinajstić information content (AvgIpc) is 3.66. The highest BCUT2D eigenvalue weighted by molar-refractivity contribution is 6.15. The normalized spacial score (nSPS) is 13.2. The van der Waals surface area contributed by atoms with Crippen LogP contribution in [-0.4, -0.2) is 19.9 Å². The van der Waals surface area contributed by atoms with Crippen molar-refractivity contribution in [2.24, 2.45) is 0 Å². The minimum absolute atomic E-state index is 0.532. The van der Waals surface area contributed by atoms with Gasteiger partial charge in [0.05, 0.1) is 22.0 Å². The maximum absolute atomic E-state index is 7.20. The molecule has 0 saturated heterocycles. The second-order valence-corrected chi connectivity index (χ2v) is 16.5. The molecule has 0 saturated carbocycles. The molecule has 2 aliphatic rings. The highest BCUT2D eigenvalue weighted by atomic mass is 16.5. The van der Waals surface area contributed by atoms with E-state index in [9.17, 15) is 0 Å². The highest BCUT2D eigenvalue weighted by Gasteiger charge is 2.51. The van der Waals surface area contributed by atoms with Crippen molar-refractivity contribution >= 4 is 27.2 Å². The van der Waals surface area contributed by atoms with E-state index in [4.69, 9.17) is 24.7 Å². The SMILES string of the molecule is C=C(/C=C\C=C/C)c1nc(-c2ccccc2)nc(-c2ccc(-c3ccc4nc(-c5ccccc5)c5c6c(ccc5c4c3)C3(c4ccccc4O6)c4ccccc4-c4ccccc43)cc2)n1. The fraction of sp³-hybridized carbons (Fsp3) is 0.0333. The first-order valence-electron chi connectivity index (χ1n) is 21.9. The lowest BCUT2D eigenvalue weighted by Crippen LogP contribution is -2.32. The molecule has 1 aliphatic heterocycles. The van der Waals surface area contributed by atoms with Crippen LogP contribution >= 0.6 is 0 Å². The Morgan fingerprint density at radius 1 is 0.492 bits per heavy atom. The number of hydrogen-bond acceptors (Lipinski definition) is 5. The van der Waals surface area contributed by atoms with Crippen molar-refractivity contribution in [2.75, 3.05) is 0 Å². The van der Waals surface area contributed by atoms with Gasteiger partial charge in [-0.25, -0.2) is 19.9 Å². The zero-order valence-electron chi connectivity index (χ0n) is 35.6. The maximum atomic E-state index is 7.20. The van der Waals surface area contributed by atoms with E-state index in [0.717, 1.165) is 77.8 Å². The van der Waals surface area contributed by atoms with Gasteiger partial charge in [0.25, 0.3) is 0 Å². The summed E-state index contributed by atoms with van der Waals surface area (Å²) in [5.74, 6) is 3.40. The van der Waals surface area contributed by atoms with E-state index in [1.807, 2.05) is 61.6 Å². The Balaban J connectivity index is 1.03. The molecule has 5 heteroatoms. The van der Waals surface area contributed by atoms with Gasteiger partial charge in [-0.05, 0) is 63.9 Å². The summed E-state index contributed by atoms with van der Waals surface area (Å²) in [6.07, 6.45) is 7.80. The number of hydrogen-bond donors (Lipinski definition) is 0. The summed E-state index contributed by atoms with van der Waals surface area (Å²) < 4.78 is 7.20.